The molecular weight excluding hydrogens is 412 g/mol. The second-order valence-electron chi connectivity index (χ2n) is 10.2. The van der Waals surface area contributed by atoms with Crippen LogP contribution in [0.2, 0.25) is 0 Å². The van der Waals surface area contributed by atoms with Gasteiger partial charge in [0.05, 0.1) is 12.2 Å². The summed E-state index contributed by atoms with van der Waals surface area (Å²) in [7, 11) is 0. The summed E-state index contributed by atoms with van der Waals surface area (Å²) in [6.07, 6.45) is 17.8. The van der Waals surface area contributed by atoms with Gasteiger partial charge < -0.3 is 9.84 Å². The molecule has 0 bridgehead atoms. The fourth-order valence-electron chi connectivity index (χ4n) is 3.55. The quantitative estimate of drug-likeness (QED) is 0.117. The molecule has 0 aromatic carbocycles. The van der Waals surface area contributed by atoms with Gasteiger partial charge in [-0.05, 0) is 26.7 Å². The highest BCUT2D eigenvalue weighted by atomic mass is 35.5. The Morgan fingerprint density at radius 3 is 1.65 bits per heavy atom. The number of aliphatic hydroxyl groups is 1. The van der Waals surface area contributed by atoms with Gasteiger partial charge in [-0.1, -0.05) is 97.8 Å². The van der Waals surface area contributed by atoms with Crippen LogP contribution in [0.3, 0.4) is 0 Å². The first-order chi connectivity index (χ1) is 14.5. The molecule has 0 spiro atoms. The van der Waals surface area contributed by atoms with Crippen LogP contribution >= 0.6 is 11.6 Å². The number of esters is 1. The fraction of sp³-hybridized carbons (Fsp3) is 0.923. The predicted molar refractivity (Wildman–Crippen MR) is 131 cm³/mol. The van der Waals surface area contributed by atoms with E-state index in [0.717, 1.165) is 12.8 Å². The Morgan fingerprint density at radius 1 is 0.806 bits per heavy atom. The van der Waals surface area contributed by atoms with E-state index < -0.39 is 22.4 Å². The minimum Gasteiger partial charge on any atom is -0.464 e. The Kier molecular flexibility index (Phi) is 16.6. The monoisotopic (exact) mass is 460 g/mol. The molecule has 0 rings (SSSR count). The molecule has 0 heterocycles. The van der Waals surface area contributed by atoms with Gasteiger partial charge in [0, 0.05) is 11.8 Å². The first kappa shape index (κ1) is 30.4. The molecule has 0 saturated carbocycles. The number of ketones is 1. The summed E-state index contributed by atoms with van der Waals surface area (Å²) in [6.45, 7) is 9.13. The second-order valence-corrected chi connectivity index (χ2v) is 10.7. The van der Waals surface area contributed by atoms with Gasteiger partial charge in [0.1, 0.15) is 5.78 Å². The van der Waals surface area contributed by atoms with Crippen molar-refractivity contribution < 1.29 is 19.4 Å². The van der Waals surface area contributed by atoms with Crippen LogP contribution in [0.15, 0.2) is 0 Å². The number of rotatable bonds is 20. The zero-order valence-corrected chi connectivity index (χ0v) is 21.7. The van der Waals surface area contributed by atoms with Crippen molar-refractivity contribution in [3.8, 4) is 0 Å². The van der Waals surface area contributed by atoms with Crippen molar-refractivity contribution in [1.82, 2.24) is 0 Å². The van der Waals surface area contributed by atoms with Crippen LogP contribution < -0.4 is 0 Å². The second kappa shape index (κ2) is 16.9. The van der Waals surface area contributed by atoms with Crippen LogP contribution in [-0.2, 0) is 14.3 Å². The molecule has 1 atom stereocenters. The molecule has 1 unspecified atom stereocenters. The topological polar surface area (TPSA) is 63.6 Å². The van der Waals surface area contributed by atoms with Crippen molar-refractivity contribution >= 4 is 23.4 Å². The largest absolute Gasteiger partial charge is 0.464 e. The highest BCUT2D eigenvalue weighted by Crippen LogP contribution is 2.25. The summed E-state index contributed by atoms with van der Waals surface area (Å²) >= 11 is 5.90. The third kappa shape index (κ3) is 15.8. The smallest absolute Gasteiger partial charge is 0.327 e. The standard InChI is InChI=1S/C26H49ClO4/c1-6-7-8-9-10-11-12-13-14-15-16-17-18-19-22(28)25(2,3)20-21-31-24(29)23(27)26(4,5)30/h23,30H,6-21H2,1-5H3. The van der Waals surface area contributed by atoms with Crippen LogP contribution in [0.4, 0.5) is 0 Å². The summed E-state index contributed by atoms with van der Waals surface area (Å²) in [4.78, 5) is 24.4. The lowest BCUT2D eigenvalue weighted by molar-refractivity contribution is -0.149. The van der Waals surface area contributed by atoms with E-state index in [0.29, 0.717) is 12.8 Å². The minimum absolute atomic E-state index is 0.134. The van der Waals surface area contributed by atoms with Crippen LogP contribution in [0.1, 0.15) is 131 Å². The molecule has 0 amide bonds. The Morgan fingerprint density at radius 2 is 1.23 bits per heavy atom. The molecule has 0 aliphatic heterocycles. The van der Waals surface area contributed by atoms with E-state index in [2.05, 4.69) is 6.92 Å². The van der Waals surface area contributed by atoms with Gasteiger partial charge in [0.25, 0.3) is 0 Å². The molecule has 0 aromatic rings. The lowest BCUT2D eigenvalue weighted by Gasteiger charge is -2.25. The molecule has 184 valence electrons. The number of carbonyl (C=O) groups is 2. The number of hydrogen-bond acceptors (Lipinski definition) is 4. The summed E-state index contributed by atoms with van der Waals surface area (Å²) in [6, 6.07) is 0. The van der Waals surface area contributed by atoms with Crippen LogP contribution in [0.25, 0.3) is 0 Å². The summed E-state index contributed by atoms with van der Waals surface area (Å²) < 4.78 is 5.16. The molecule has 4 nitrogen and oxygen atoms in total. The molecule has 0 fully saturated rings. The molecule has 0 aromatic heterocycles. The maximum Gasteiger partial charge on any atom is 0.327 e. The van der Waals surface area contributed by atoms with Gasteiger partial charge in [0.15, 0.2) is 5.38 Å². The van der Waals surface area contributed by atoms with Crippen molar-refractivity contribution in [2.45, 2.75) is 142 Å². The third-order valence-corrected chi connectivity index (χ3v) is 6.77. The lowest BCUT2D eigenvalue weighted by atomic mass is 9.82. The summed E-state index contributed by atoms with van der Waals surface area (Å²) in [5.74, 6) is -0.426. The number of hydrogen-bond donors (Lipinski definition) is 1. The first-order valence-corrected chi connectivity index (χ1v) is 13.0. The van der Waals surface area contributed by atoms with E-state index in [4.69, 9.17) is 16.3 Å². The molecule has 31 heavy (non-hydrogen) atoms. The number of ether oxygens (including phenoxy) is 1. The molecule has 1 N–H and O–H groups in total. The van der Waals surface area contributed by atoms with Crippen molar-refractivity contribution in [2.75, 3.05) is 6.61 Å². The fourth-order valence-corrected chi connectivity index (χ4v) is 3.61. The summed E-state index contributed by atoms with van der Waals surface area (Å²) in [5.41, 5.74) is -1.85. The number of carbonyl (C=O) groups excluding carboxylic acids is 2. The van der Waals surface area contributed by atoms with Gasteiger partial charge >= 0.3 is 5.97 Å². The van der Waals surface area contributed by atoms with Gasteiger partial charge in [-0.3, -0.25) is 9.59 Å². The SMILES string of the molecule is CCCCCCCCCCCCCCCC(=O)C(C)(C)CCOC(=O)C(Cl)C(C)(C)O. The molecule has 0 saturated heterocycles. The van der Waals surface area contributed by atoms with Crippen molar-refractivity contribution in [3.05, 3.63) is 0 Å². The average molecular weight is 461 g/mol. The number of halogens is 1. The average Bonchev–Trinajstić information content (AvgIpc) is 2.69. The van der Waals surface area contributed by atoms with Gasteiger partial charge in [-0.15, -0.1) is 11.6 Å². The highest BCUT2D eigenvalue weighted by Gasteiger charge is 2.33. The summed E-state index contributed by atoms with van der Waals surface area (Å²) in [5, 5.41) is 8.65. The van der Waals surface area contributed by atoms with Gasteiger partial charge in [-0.2, -0.15) is 0 Å². The molecule has 5 heteroatoms. The highest BCUT2D eigenvalue weighted by molar-refractivity contribution is 6.30. The Labute approximate surface area is 196 Å². The van der Waals surface area contributed by atoms with Crippen molar-refractivity contribution in [1.29, 1.82) is 0 Å². The van der Waals surface area contributed by atoms with Gasteiger partial charge in [0.2, 0.25) is 0 Å². The number of unbranched alkanes of at least 4 members (excludes halogenated alkanes) is 12. The molecule has 0 aliphatic carbocycles. The lowest BCUT2D eigenvalue weighted by Crippen LogP contribution is -2.39. The van der Waals surface area contributed by atoms with Crippen LogP contribution in [-0.4, -0.2) is 34.4 Å². The van der Waals surface area contributed by atoms with Crippen LogP contribution in [0.5, 0.6) is 0 Å². The maximum absolute atomic E-state index is 12.5. The first-order valence-electron chi connectivity index (χ1n) is 12.6. The molecular formula is C26H49ClO4. The molecule has 0 radical (unpaired) electrons. The Bertz CT molecular complexity index is 482. The molecule has 0 aliphatic rings. The van der Waals surface area contributed by atoms with E-state index in [1.54, 1.807) is 0 Å². The Balaban J connectivity index is 3.74. The van der Waals surface area contributed by atoms with E-state index >= 15 is 0 Å². The van der Waals surface area contributed by atoms with Gasteiger partial charge in [-0.25, -0.2) is 0 Å². The Hall–Kier alpha value is -0.610. The zero-order valence-electron chi connectivity index (χ0n) is 20.9. The van der Waals surface area contributed by atoms with Crippen molar-refractivity contribution in [3.63, 3.8) is 0 Å². The van der Waals surface area contributed by atoms with Crippen LogP contribution in [0, 0.1) is 5.41 Å². The minimum atomic E-state index is -1.34. The van der Waals surface area contributed by atoms with E-state index in [1.165, 1.54) is 84.5 Å². The zero-order chi connectivity index (χ0) is 23.8. The third-order valence-electron chi connectivity index (χ3n) is 6.06. The van der Waals surface area contributed by atoms with E-state index in [9.17, 15) is 14.7 Å². The van der Waals surface area contributed by atoms with Crippen molar-refractivity contribution in [2.24, 2.45) is 5.41 Å². The predicted octanol–water partition coefficient (Wildman–Crippen LogP) is 7.37. The van der Waals surface area contributed by atoms with E-state index in [1.807, 2.05) is 13.8 Å². The number of Topliss-reactive ketones (excluding diaryl/α,β-unsaturated/α-hetero) is 1. The normalized spacial score (nSPS) is 13.3. The number of alkyl halides is 1. The maximum atomic E-state index is 12.5. The van der Waals surface area contributed by atoms with E-state index in [-0.39, 0.29) is 12.4 Å².